The number of nitriles is 1. The first-order valence-electron chi connectivity index (χ1n) is 2.42. The molecular formula is C5H4N4. The van der Waals surface area contributed by atoms with E-state index in [9.17, 15) is 0 Å². The van der Waals surface area contributed by atoms with Gasteiger partial charge in [-0.3, -0.25) is 0 Å². The Hall–Kier alpha value is -1.50. The van der Waals surface area contributed by atoms with E-state index >= 15 is 0 Å². The van der Waals surface area contributed by atoms with Gasteiger partial charge < -0.3 is 0 Å². The minimum Gasteiger partial charge on any atom is -0.237 e. The summed E-state index contributed by atoms with van der Waals surface area (Å²) in [6, 6.07) is 1.95. The minimum atomic E-state index is 0.301. The molecule has 4 nitrogen and oxygen atoms in total. The number of hydrogen-bond donors (Lipinski definition) is 0. The molecule has 0 aromatic carbocycles. The van der Waals surface area contributed by atoms with Gasteiger partial charge in [-0.05, 0) is 0 Å². The van der Waals surface area contributed by atoms with Crippen LogP contribution in [-0.2, 0) is 6.42 Å². The van der Waals surface area contributed by atoms with Crippen LogP contribution in [0.4, 0.5) is 0 Å². The van der Waals surface area contributed by atoms with Crippen LogP contribution in [0.5, 0.6) is 0 Å². The molecule has 0 unspecified atom stereocenters. The number of aromatic nitrogens is 3. The van der Waals surface area contributed by atoms with Gasteiger partial charge in [-0.25, -0.2) is 4.98 Å². The Kier molecular flexibility index (Phi) is 1.70. The molecule has 0 aliphatic rings. The zero-order chi connectivity index (χ0) is 6.53. The van der Waals surface area contributed by atoms with Crippen LogP contribution in [0.1, 0.15) is 5.69 Å². The van der Waals surface area contributed by atoms with E-state index in [1.165, 1.54) is 12.5 Å². The third kappa shape index (κ3) is 1.46. The van der Waals surface area contributed by atoms with Crippen molar-refractivity contribution >= 4 is 0 Å². The average Bonchev–Trinajstić information content (AvgIpc) is 1.91. The summed E-state index contributed by atoms with van der Waals surface area (Å²) < 4.78 is 0. The van der Waals surface area contributed by atoms with Crippen molar-refractivity contribution in [2.75, 3.05) is 0 Å². The Morgan fingerprint density at radius 3 is 3.00 bits per heavy atom. The first kappa shape index (κ1) is 5.63. The van der Waals surface area contributed by atoms with Crippen molar-refractivity contribution in [1.82, 2.24) is 15.2 Å². The van der Waals surface area contributed by atoms with E-state index in [0.29, 0.717) is 12.1 Å². The van der Waals surface area contributed by atoms with E-state index in [4.69, 9.17) is 5.26 Å². The molecule has 0 spiro atoms. The molecule has 1 aromatic rings. The van der Waals surface area contributed by atoms with E-state index in [2.05, 4.69) is 15.2 Å². The van der Waals surface area contributed by atoms with Crippen LogP contribution < -0.4 is 0 Å². The second-order valence-corrected chi connectivity index (χ2v) is 1.43. The van der Waals surface area contributed by atoms with E-state index in [0.717, 1.165) is 0 Å². The van der Waals surface area contributed by atoms with Crippen LogP contribution in [0.25, 0.3) is 0 Å². The number of hydrogen-bond acceptors (Lipinski definition) is 4. The fraction of sp³-hybridized carbons (Fsp3) is 0.200. The van der Waals surface area contributed by atoms with E-state index < -0.39 is 0 Å². The van der Waals surface area contributed by atoms with Crippen LogP contribution in [0.3, 0.4) is 0 Å². The smallest absolute Gasteiger partial charge is 0.138 e. The molecular weight excluding hydrogens is 116 g/mol. The largest absolute Gasteiger partial charge is 0.237 e. The summed E-state index contributed by atoms with van der Waals surface area (Å²) in [6.45, 7) is 0. The van der Waals surface area contributed by atoms with Crippen molar-refractivity contribution in [2.24, 2.45) is 0 Å². The molecule has 0 bridgehead atoms. The highest BCUT2D eigenvalue weighted by molar-refractivity contribution is 4.99. The SMILES string of the molecule is N#CCc1cnncn1. The second-order valence-electron chi connectivity index (χ2n) is 1.43. The van der Waals surface area contributed by atoms with Crippen molar-refractivity contribution < 1.29 is 0 Å². The normalized spacial score (nSPS) is 8.33. The van der Waals surface area contributed by atoms with Crippen molar-refractivity contribution in [2.45, 2.75) is 6.42 Å². The van der Waals surface area contributed by atoms with Crippen LogP contribution >= 0.6 is 0 Å². The molecule has 0 saturated heterocycles. The van der Waals surface area contributed by atoms with Crippen molar-refractivity contribution in [3.8, 4) is 6.07 Å². The van der Waals surface area contributed by atoms with Gasteiger partial charge >= 0.3 is 0 Å². The van der Waals surface area contributed by atoms with Gasteiger partial charge in [-0.1, -0.05) is 0 Å². The first-order chi connectivity index (χ1) is 4.43. The summed E-state index contributed by atoms with van der Waals surface area (Å²) in [5.41, 5.74) is 0.660. The molecule has 0 saturated carbocycles. The third-order valence-electron chi connectivity index (χ3n) is 0.809. The molecule has 0 radical (unpaired) electrons. The van der Waals surface area contributed by atoms with E-state index in [1.807, 2.05) is 6.07 Å². The van der Waals surface area contributed by atoms with Crippen molar-refractivity contribution in [1.29, 1.82) is 5.26 Å². The Bertz CT molecular complexity index is 212. The predicted molar refractivity (Wildman–Crippen MR) is 29.1 cm³/mol. The first-order valence-corrected chi connectivity index (χ1v) is 2.42. The molecule has 1 heterocycles. The van der Waals surface area contributed by atoms with Gasteiger partial charge in [0, 0.05) is 0 Å². The monoisotopic (exact) mass is 120 g/mol. The van der Waals surface area contributed by atoms with Crippen molar-refractivity contribution in [3.63, 3.8) is 0 Å². The molecule has 4 heteroatoms. The van der Waals surface area contributed by atoms with Crippen LogP contribution in [0, 0.1) is 11.3 Å². The Labute approximate surface area is 52.2 Å². The maximum Gasteiger partial charge on any atom is 0.138 e. The Balaban J connectivity index is 2.76. The van der Waals surface area contributed by atoms with Gasteiger partial charge in [0.05, 0.1) is 24.4 Å². The lowest BCUT2D eigenvalue weighted by Crippen LogP contribution is -1.89. The molecule has 0 aliphatic carbocycles. The maximum atomic E-state index is 8.18. The molecule has 0 amide bonds. The summed E-state index contributed by atoms with van der Waals surface area (Å²) >= 11 is 0. The van der Waals surface area contributed by atoms with Crippen LogP contribution in [-0.4, -0.2) is 15.2 Å². The number of nitrogens with zero attached hydrogens (tertiary/aromatic N) is 4. The van der Waals surface area contributed by atoms with Gasteiger partial charge in [0.2, 0.25) is 0 Å². The van der Waals surface area contributed by atoms with Crippen LogP contribution in [0.15, 0.2) is 12.5 Å². The Morgan fingerprint density at radius 1 is 1.56 bits per heavy atom. The quantitative estimate of drug-likeness (QED) is 0.520. The maximum absolute atomic E-state index is 8.18. The van der Waals surface area contributed by atoms with Gasteiger partial charge in [0.15, 0.2) is 0 Å². The Morgan fingerprint density at radius 2 is 2.44 bits per heavy atom. The fourth-order valence-electron chi connectivity index (χ4n) is 0.435. The highest BCUT2D eigenvalue weighted by Gasteiger charge is 1.88. The molecule has 0 fully saturated rings. The lowest BCUT2D eigenvalue weighted by atomic mass is 10.4. The third-order valence-corrected chi connectivity index (χ3v) is 0.809. The predicted octanol–water partition coefficient (Wildman–Crippen LogP) is -0.0623. The zero-order valence-corrected chi connectivity index (χ0v) is 4.65. The van der Waals surface area contributed by atoms with Gasteiger partial charge in [-0.15, -0.1) is 5.10 Å². The van der Waals surface area contributed by atoms with E-state index in [-0.39, 0.29) is 0 Å². The summed E-state index contributed by atoms with van der Waals surface area (Å²) in [6.07, 6.45) is 3.10. The molecule has 44 valence electrons. The lowest BCUT2D eigenvalue weighted by Gasteiger charge is -1.85. The fourth-order valence-corrected chi connectivity index (χ4v) is 0.435. The average molecular weight is 120 g/mol. The topological polar surface area (TPSA) is 62.5 Å². The lowest BCUT2D eigenvalue weighted by molar-refractivity contribution is 0.921. The summed E-state index contributed by atoms with van der Waals surface area (Å²) in [4.78, 5) is 3.77. The summed E-state index contributed by atoms with van der Waals surface area (Å²) in [7, 11) is 0. The standard InChI is InChI=1S/C5H4N4/c6-2-1-5-3-8-9-4-7-5/h3-4H,1H2. The zero-order valence-electron chi connectivity index (χ0n) is 4.65. The van der Waals surface area contributed by atoms with Gasteiger partial charge in [0.1, 0.15) is 6.33 Å². The molecule has 1 aromatic heterocycles. The number of rotatable bonds is 1. The molecule has 1 rings (SSSR count). The highest BCUT2D eigenvalue weighted by atomic mass is 15.1. The highest BCUT2D eigenvalue weighted by Crippen LogP contribution is 1.86. The second kappa shape index (κ2) is 2.72. The van der Waals surface area contributed by atoms with E-state index in [1.54, 1.807) is 0 Å². The van der Waals surface area contributed by atoms with Crippen molar-refractivity contribution in [3.05, 3.63) is 18.2 Å². The van der Waals surface area contributed by atoms with Crippen LogP contribution in [0.2, 0.25) is 0 Å². The molecule has 0 N–H and O–H groups in total. The summed E-state index contributed by atoms with van der Waals surface area (Å²) in [5, 5.41) is 15.2. The summed E-state index contributed by atoms with van der Waals surface area (Å²) in [5.74, 6) is 0. The molecule has 0 aliphatic heterocycles. The van der Waals surface area contributed by atoms with Gasteiger partial charge in [-0.2, -0.15) is 10.4 Å². The molecule has 9 heavy (non-hydrogen) atoms. The molecule has 0 atom stereocenters. The van der Waals surface area contributed by atoms with Gasteiger partial charge in [0.25, 0.3) is 0 Å². The minimum absolute atomic E-state index is 0.301.